The highest BCUT2D eigenvalue weighted by atomic mass is 35.5. The van der Waals surface area contributed by atoms with E-state index in [0.717, 1.165) is 19.3 Å². The second-order valence-electron chi connectivity index (χ2n) is 4.25. The Balaban J connectivity index is 2.65. The Bertz CT molecular complexity index is 192. The van der Waals surface area contributed by atoms with E-state index in [1.165, 1.54) is 11.9 Å². The van der Waals surface area contributed by atoms with Gasteiger partial charge in [-0.25, -0.2) is 4.72 Å². The van der Waals surface area contributed by atoms with Gasteiger partial charge >= 0.3 is 0 Å². The minimum absolute atomic E-state index is 0.0420. The van der Waals surface area contributed by atoms with Gasteiger partial charge in [-0.1, -0.05) is 18.9 Å². The molecule has 0 aromatic carbocycles. The van der Waals surface area contributed by atoms with E-state index in [4.69, 9.17) is 23.2 Å². The smallest absolute Gasteiger partial charge is 0.118 e. The molecule has 1 fully saturated rings. The zero-order chi connectivity index (χ0) is 11.4. The highest BCUT2D eigenvalue weighted by molar-refractivity contribution is 7.96. The SMILES string of the molecule is CSNC(O)C1C(C)CC[C@@H](Cl)CC1Cl. The monoisotopic (exact) mass is 271 g/mol. The molecule has 2 nitrogen and oxygen atoms in total. The van der Waals surface area contributed by atoms with Gasteiger partial charge in [-0.2, -0.15) is 0 Å². The average molecular weight is 272 g/mol. The predicted octanol–water partition coefficient (Wildman–Crippen LogP) is 2.82. The molecule has 0 saturated heterocycles. The van der Waals surface area contributed by atoms with E-state index in [1.54, 1.807) is 0 Å². The molecule has 4 unspecified atom stereocenters. The molecule has 0 bridgehead atoms. The van der Waals surface area contributed by atoms with Gasteiger partial charge in [0.15, 0.2) is 0 Å². The first-order chi connectivity index (χ1) is 7.06. The number of halogens is 2. The fraction of sp³-hybridized carbons (Fsp3) is 1.00. The molecular weight excluding hydrogens is 253 g/mol. The Kier molecular flexibility index (Phi) is 6.08. The molecule has 0 aromatic heterocycles. The molecule has 5 heteroatoms. The molecule has 5 atom stereocenters. The Morgan fingerprint density at radius 1 is 1.40 bits per heavy atom. The number of aliphatic hydroxyl groups is 1. The van der Waals surface area contributed by atoms with Crippen LogP contribution < -0.4 is 4.72 Å². The zero-order valence-electron chi connectivity index (χ0n) is 9.12. The number of rotatable bonds is 3. The van der Waals surface area contributed by atoms with E-state index in [-0.39, 0.29) is 16.7 Å². The fourth-order valence-electron chi connectivity index (χ4n) is 2.22. The second kappa shape index (κ2) is 6.55. The van der Waals surface area contributed by atoms with Gasteiger partial charge in [0.2, 0.25) is 0 Å². The fourth-order valence-corrected chi connectivity index (χ4v) is 3.63. The van der Waals surface area contributed by atoms with Gasteiger partial charge in [0.1, 0.15) is 6.23 Å². The van der Waals surface area contributed by atoms with E-state index in [0.29, 0.717) is 5.92 Å². The molecule has 1 rings (SSSR count). The summed E-state index contributed by atoms with van der Waals surface area (Å²) in [5.74, 6) is 0.494. The highest BCUT2D eigenvalue weighted by Gasteiger charge is 2.35. The standard InChI is InChI=1S/C10H19Cl2NOS/c1-6-3-4-7(11)5-8(12)9(6)10(14)13-15-2/h6-10,13-14H,3-5H2,1-2H3/t6?,7-,8?,9?,10?/m1/s1. The Morgan fingerprint density at radius 3 is 2.67 bits per heavy atom. The molecule has 2 N–H and O–H groups in total. The van der Waals surface area contributed by atoms with Gasteiger partial charge in [-0.15, -0.1) is 23.2 Å². The lowest BCUT2D eigenvalue weighted by Gasteiger charge is -2.30. The lowest BCUT2D eigenvalue weighted by molar-refractivity contribution is 0.0682. The Labute approximate surface area is 106 Å². The molecule has 1 aliphatic rings. The summed E-state index contributed by atoms with van der Waals surface area (Å²) in [5, 5.41) is 10.1. The van der Waals surface area contributed by atoms with Crippen LogP contribution in [0.5, 0.6) is 0 Å². The van der Waals surface area contributed by atoms with Gasteiger partial charge in [0.05, 0.1) is 0 Å². The quantitative estimate of drug-likeness (QED) is 0.358. The van der Waals surface area contributed by atoms with E-state index < -0.39 is 6.23 Å². The molecule has 0 spiro atoms. The molecule has 1 saturated carbocycles. The molecule has 0 radical (unpaired) electrons. The number of alkyl halides is 2. The van der Waals surface area contributed by atoms with E-state index >= 15 is 0 Å². The number of hydrogen-bond donors (Lipinski definition) is 2. The van der Waals surface area contributed by atoms with Crippen molar-refractivity contribution in [1.82, 2.24) is 4.72 Å². The van der Waals surface area contributed by atoms with Crippen molar-refractivity contribution in [3.05, 3.63) is 0 Å². The van der Waals surface area contributed by atoms with Crippen LogP contribution in [-0.2, 0) is 0 Å². The lowest BCUT2D eigenvalue weighted by Crippen LogP contribution is -2.40. The minimum Gasteiger partial charge on any atom is -0.377 e. The molecule has 15 heavy (non-hydrogen) atoms. The van der Waals surface area contributed by atoms with Crippen molar-refractivity contribution in [3.63, 3.8) is 0 Å². The first-order valence-corrected chi connectivity index (χ1v) is 7.40. The van der Waals surface area contributed by atoms with Crippen molar-refractivity contribution < 1.29 is 5.11 Å². The van der Waals surface area contributed by atoms with Crippen molar-refractivity contribution in [2.24, 2.45) is 11.8 Å². The van der Waals surface area contributed by atoms with Crippen molar-refractivity contribution >= 4 is 35.1 Å². The van der Waals surface area contributed by atoms with Gasteiger partial charge in [-0.3, -0.25) is 0 Å². The highest BCUT2D eigenvalue weighted by Crippen LogP contribution is 2.35. The maximum atomic E-state index is 9.97. The molecule has 0 aromatic rings. The molecule has 0 amide bonds. The number of nitrogens with one attached hydrogen (secondary N) is 1. The first-order valence-electron chi connectivity index (χ1n) is 5.31. The second-order valence-corrected chi connectivity index (χ2v) is 6.07. The van der Waals surface area contributed by atoms with Gasteiger partial charge in [-0.05, 0) is 31.4 Å². The van der Waals surface area contributed by atoms with E-state index in [9.17, 15) is 5.11 Å². The summed E-state index contributed by atoms with van der Waals surface area (Å²) in [6.07, 6.45) is 4.17. The maximum absolute atomic E-state index is 9.97. The van der Waals surface area contributed by atoms with Gasteiger partial charge < -0.3 is 5.11 Å². The van der Waals surface area contributed by atoms with Crippen LogP contribution in [-0.4, -0.2) is 28.3 Å². The maximum Gasteiger partial charge on any atom is 0.118 e. The van der Waals surface area contributed by atoms with Crippen LogP contribution in [0, 0.1) is 11.8 Å². The average Bonchev–Trinajstić information content (AvgIpc) is 2.26. The van der Waals surface area contributed by atoms with Crippen molar-refractivity contribution in [2.75, 3.05) is 6.26 Å². The molecule has 90 valence electrons. The summed E-state index contributed by atoms with van der Waals surface area (Å²) < 4.78 is 2.96. The van der Waals surface area contributed by atoms with Crippen LogP contribution in [0.15, 0.2) is 0 Å². The van der Waals surface area contributed by atoms with Crippen LogP contribution >= 0.6 is 35.1 Å². The third kappa shape index (κ3) is 3.97. The Hall–Kier alpha value is 0.850. The summed E-state index contributed by atoms with van der Waals surface area (Å²) in [4.78, 5) is 0. The van der Waals surface area contributed by atoms with E-state index in [2.05, 4.69) is 11.6 Å². The van der Waals surface area contributed by atoms with Crippen molar-refractivity contribution in [3.8, 4) is 0 Å². The topological polar surface area (TPSA) is 32.3 Å². The van der Waals surface area contributed by atoms with Gasteiger partial charge in [0, 0.05) is 16.7 Å². The van der Waals surface area contributed by atoms with Crippen molar-refractivity contribution in [2.45, 2.75) is 43.2 Å². The molecule has 0 aliphatic heterocycles. The normalized spacial score (nSPS) is 39.8. The van der Waals surface area contributed by atoms with Crippen LogP contribution in [0.4, 0.5) is 0 Å². The Morgan fingerprint density at radius 2 is 2.07 bits per heavy atom. The van der Waals surface area contributed by atoms with Crippen molar-refractivity contribution in [1.29, 1.82) is 0 Å². The molecule has 1 aliphatic carbocycles. The third-order valence-corrected chi connectivity index (χ3v) is 4.44. The first kappa shape index (κ1) is 13.9. The summed E-state index contributed by atoms with van der Waals surface area (Å²) in [6, 6.07) is 0. The molecule has 0 heterocycles. The number of aliphatic hydroxyl groups excluding tert-OH is 1. The van der Waals surface area contributed by atoms with Crippen LogP contribution in [0.25, 0.3) is 0 Å². The largest absolute Gasteiger partial charge is 0.377 e. The van der Waals surface area contributed by atoms with Crippen LogP contribution in [0.3, 0.4) is 0 Å². The molecular formula is C10H19Cl2NOS. The third-order valence-electron chi connectivity index (χ3n) is 3.09. The zero-order valence-corrected chi connectivity index (χ0v) is 11.4. The lowest BCUT2D eigenvalue weighted by atomic mass is 9.88. The van der Waals surface area contributed by atoms with E-state index in [1.807, 2.05) is 6.26 Å². The summed E-state index contributed by atoms with van der Waals surface area (Å²) in [6.45, 7) is 2.14. The predicted molar refractivity (Wildman–Crippen MR) is 68.4 cm³/mol. The van der Waals surface area contributed by atoms with Gasteiger partial charge in [0.25, 0.3) is 0 Å². The minimum atomic E-state index is -0.542. The van der Waals surface area contributed by atoms with Crippen LogP contribution in [0.2, 0.25) is 0 Å². The summed E-state index contributed by atoms with van der Waals surface area (Å²) >= 11 is 13.9. The summed E-state index contributed by atoms with van der Waals surface area (Å²) in [7, 11) is 0. The number of hydrogen-bond acceptors (Lipinski definition) is 3. The van der Waals surface area contributed by atoms with Crippen LogP contribution in [0.1, 0.15) is 26.2 Å². The summed E-state index contributed by atoms with van der Waals surface area (Å²) in [5.41, 5.74) is 0.